The van der Waals surface area contributed by atoms with Crippen LogP contribution in [0.3, 0.4) is 0 Å². The van der Waals surface area contributed by atoms with Crippen molar-refractivity contribution in [3.8, 4) is 0 Å². The second-order valence-electron chi connectivity index (χ2n) is 4.75. The van der Waals surface area contributed by atoms with Crippen LogP contribution in [0.25, 0.3) is 0 Å². The summed E-state index contributed by atoms with van der Waals surface area (Å²) in [6.07, 6.45) is 3.59. The molecule has 2 heterocycles. The Morgan fingerprint density at radius 2 is 1.55 bits per heavy atom. The molecule has 0 N–H and O–H groups in total. The van der Waals surface area contributed by atoms with Crippen molar-refractivity contribution in [2.75, 3.05) is 13.2 Å². The zero-order valence-electron chi connectivity index (χ0n) is 13.3. The highest BCUT2D eigenvalue weighted by molar-refractivity contribution is 5.99. The van der Waals surface area contributed by atoms with Crippen LogP contribution < -0.4 is 0 Å². The Hall–Kier alpha value is -2.50. The van der Waals surface area contributed by atoms with Gasteiger partial charge in [0.1, 0.15) is 0 Å². The lowest BCUT2D eigenvalue weighted by Gasteiger charge is -2.12. The lowest BCUT2D eigenvalue weighted by atomic mass is 10.1. The fourth-order valence-electron chi connectivity index (χ4n) is 2.51. The maximum Gasteiger partial charge on any atom is 0.357 e. The molecule has 0 unspecified atom stereocenters. The third kappa shape index (κ3) is 2.64. The predicted molar refractivity (Wildman–Crippen MR) is 81.0 cm³/mol. The summed E-state index contributed by atoms with van der Waals surface area (Å²) in [4.78, 5) is 24.5. The van der Waals surface area contributed by atoms with Crippen LogP contribution in [0, 0.1) is 13.8 Å². The molecule has 6 heteroatoms. The Morgan fingerprint density at radius 1 is 1.00 bits per heavy atom. The Bertz CT molecular complexity index is 684. The van der Waals surface area contributed by atoms with E-state index in [1.165, 1.54) is 0 Å². The van der Waals surface area contributed by atoms with E-state index in [1.54, 1.807) is 49.4 Å². The molecular weight excluding hydrogens is 284 g/mol. The topological polar surface area (TPSA) is 62.5 Å². The van der Waals surface area contributed by atoms with Crippen molar-refractivity contribution in [2.45, 2.75) is 27.7 Å². The minimum Gasteiger partial charge on any atom is -0.462 e. The van der Waals surface area contributed by atoms with E-state index in [1.807, 2.05) is 12.1 Å². The lowest BCUT2D eigenvalue weighted by Crippen LogP contribution is -2.18. The second-order valence-corrected chi connectivity index (χ2v) is 4.75. The van der Waals surface area contributed by atoms with E-state index in [0.717, 1.165) is 0 Å². The van der Waals surface area contributed by atoms with E-state index in [2.05, 4.69) is 0 Å². The zero-order chi connectivity index (χ0) is 16.3. The van der Waals surface area contributed by atoms with Crippen molar-refractivity contribution in [2.24, 2.45) is 0 Å². The molecule has 0 aliphatic carbocycles. The van der Waals surface area contributed by atoms with Crippen LogP contribution in [0.1, 0.15) is 46.0 Å². The Kier molecular flexibility index (Phi) is 4.70. The molecule has 6 nitrogen and oxygen atoms in total. The monoisotopic (exact) mass is 304 g/mol. The summed E-state index contributed by atoms with van der Waals surface area (Å²) in [5.74, 6) is -0.902. The van der Waals surface area contributed by atoms with Gasteiger partial charge in [0.15, 0.2) is 5.69 Å². The van der Waals surface area contributed by atoms with Gasteiger partial charge >= 0.3 is 11.9 Å². The molecule has 0 atom stereocenters. The molecule has 2 aromatic rings. The normalized spacial score (nSPS) is 10.5. The molecule has 0 saturated heterocycles. The van der Waals surface area contributed by atoms with Crippen LogP contribution in [0.5, 0.6) is 0 Å². The number of hydrogen-bond acceptors (Lipinski definition) is 4. The van der Waals surface area contributed by atoms with Gasteiger partial charge in [0.25, 0.3) is 0 Å². The van der Waals surface area contributed by atoms with Crippen molar-refractivity contribution >= 4 is 11.9 Å². The molecule has 0 spiro atoms. The molecular formula is C16H20N2O4. The number of carbonyl (C=O) groups excluding carboxylic acids is 2. The number of nitrogens with zero attached hydrogens (tertiary/aromatic N) is 2. The molecule has 0 aliphatic heterocycles. The number of aromatic nitrogens is 2. The van der Waals surface area contributed by atoms with Crippen molar-refractivity contribution in [3.63, 3.8) is 0 Å². The van der Waals surface area contributed by atoms with Crippen LogP contribution in [-0.2, 0) is 9.47 Å². The van der Waals surface area contributed by atoms with Crippen LogP contribution >= 0.6 is 0 Å². The van der Waals surface area contributed by atoms with Crippen molar-refractivity contribution in [1.29, 1.82) is 0 Å². The third-order valence-corrected chi connectivity index (χ3v) is 3.39. The summed E-state index contributed by atoms with van der Waals surface area (Å²) < 4.78 is 13.6. The van der Waals surface area contributed by atoms with Gasteiger partial charge < -0.3 is 9.47 Å². The number of rotatable bonds is 5. The zero-order valence-corrected chi connectivity index (χ0v) is 13.3. The molecule has 22 heavy (non-hydrogen) atoms. The summed E-state index contributed by atoms with van der Waals surface area (Å²) in [5, 5.41) is 0. The van der Waals surface area contributed by atoms with Gasteiger partial charge in [0.05, 0.1) is 24.5 Å². The first-order chi connectivity index (χ1) is 10.5. The number of ether oxygens (including phenoxy) is 2. The van der Waals surface area contributed by atoms with E-state index in [-0.39, 0.29) is 13.2 Å². The van der Waals surface area contributed by atoms with Crippen LogP contribution in [0.15, 0.2) is 24.5 Å². The Labute approximate surface area is 129 Å². The van der Waals surface area contributed by atoms with Crippen molar-refractivity contribution in [1.82, 2.24) is 9.35 Å². The molecule has 118 valence electrons. The van der Waals surface area contributed by atoms with E-state index >= 15 is 0 Å². The molecule has 0 saturated carbocycles. The third-order valence-electron chi connectivity index (χ3n) is 3.39. The first-order valence-electron chi connectivity index (χ1n) is 7.22. The molecule has 0 fully saturated rings. The summed E-state index contributed by atoms with van der Waals surface area (Å²) in [7, 11) is 0. The lowest BCUT2D eigenvalue weighted by molar-refractivity contribution is 0.0509. The summed E-state index contributed by atoms with van der Waals surface area (Å²) in [5.41, 5.74) is 1.93. The molecule has 2 rings (SSSR count). The van der Waals surface area contributed by atoms with Gasteiger partial charge in [0.2, 0.25) is 0 Å². The first-order valence-corrected chi connectivity index (χ1v) is 7.22. The highest BCUT2D eigenvalue weighted by Gasteiger charge is 2.28. The summed E-state index contributed by atoms with van der Waals surface area (Å²) in [6, 6.07) is 3.68. The fourth-order valence-corrected chi connectivity index (χ4v) is 2.51. The van der Waals surface area contributed by atoms with Gasteiger partial charge in [-0.3, -0.25) is 4.68 Å². The summed E-state index contributed by atoms with van der Waals surface area (Å²) >= 11 is 0. The minimum atomic E-state index is -0.465. The average molecular weight is 304 g/mol. The van der Waals surface area contributed by atoms with Crippen LogP contribution in [0.4, 0.5) is 0 Å². The van der Waals surface area contributed by atoms with Gasteiger partial charge in [-0.2, -0.15) is 0 Å². The number of esters is 2. The van der Waals surface area contributed by atoms with Crippen LogP contribution in [-0.4, -0.2) is 34.5 Å². The fraction of sp³-hybridized carbons (Fsp3) is 0.375. The second kappa shape index (κ2) is 6.51. The molecule has 0 aromatic carbocycles. The number of carbonyl (C=O) groups is 2. The first kappa shape index (κ1) is 15.9. The largest absolute Gasteiger partial charge is 0.462 e. The minimum absolute atomic E-state index is 0.267. The Morgan fingerprint density at radius 3 is 2.09 bits per heavy atom. The SMILES string of the molecule is CCOC(=O)c1c(C)c(C(=O)OCC)n(-n2cccc2)c1C. The molecule has 0 aliphatic rings. The van der Waals surface area contributed by atoms with Gasteiger partial charge in [-0.15, -0.1) is 0 Å². The maximum atomic E-state index is 12.3. The highest BCUT2D eigenvalue weighted by Crippen LogP contribution is 2.24. The van der Waals surface area contributed by atoms with E-state index in [4.69, 9.17) is 9.47 Å². The standard InChI is InChI=1S/C16H20N2O4/c1-5-21-15(19)13-11(3)14(16(20)22-6-2)18(12(13)4)17-9-7-8-10-17/h7-10H,5-6H2,1-4H3. The molecule has 0 radical (unpaired) electrons. The van der Waals surface area contributed by atoms with E-state index in [9.17, 15) is 9.59 Å². The molecule has 0 bridgehead atoms. The average Bonchev–Trinajstić information content (AvgIpc) is 3.05. The Balaban J connectivity index is 2.67. The van der Waals surface area contributed by atoms with Crippen molar-refractivity contribution in [3.05, 3.63) is 47.0 Å². The van der Waals surface area contributed by atoms with Crippen molar-refractivity contribution < 1.29 is 19.1 Å². The maximum absolute atomic E-state index is 12.3. The smallest absolute Gasteiger partial charge is 0.357 e. The molecule has 0 amide bonds. The van der Waals surface area contributed by atoms with Gasteiger partial charge in [-0.25, -0.2) is 14.3 Å². The quantitative estimate of drug-likeness (QED) is 0.796. The highest BCUT2D eigenvalue weighted by atomic mass is 16.5. The van der Waals surface area contributed by atoms with E-state index in [0.29, 0.717) is 22.5 Å². The number of hydrogen-bond donors (Lipinski definition) is 0. The van der Waals surface area contributed by atoms with E-state index < -0.39 is 11.9 Å². The van der Waals surface area contributed by atoms with Gasteiger partial charge in [-0.05, 0) is 45.4 Å². The van der Waals surface area contributed by atoms with Gasteiger partial charge in [-0.1, -0.05) is 0 Å². The molecule has 2 aromatic heterocycles. The summed E-state index contributed by atoms with van der Waals surface area (Å²) in [6.45, 7) is 7.55. The predicted octanol–water partition coefficient (Wildman–Crippen LogP) is 2.57. The van der Waals surface area contributed by atoms with Crippen LogP contribution in [0.2, 0.25) is 0 Å². The van der Waals surface area contributed by atoms with Gasteiger partial charge in [0, 0.05) is 12.4 Å².